The first kappa shape index (κ1) is 18.1. The molecule has 0 amide bonds. The quantitative estimate of drug-likeness (QED) is 0.475. The molecule has 1 aromatic carbocycles. The van der Waals surface area contributed by atoms with Gasteiger partial charge in [0.2, 0.25) is 0 Å². The Bertz CT molecular complexity index is 362. The van der Waals surface area contributed by atoms with Crippen LogP contribution >= 0.6 is 0 Å². The van der Waals surface area contributed by atoms with Gasteiger partial charge >= 0.3 is 0 Å². The van der Waals surface area contributed by atoms with Gasteiger partial charge in [0.05, 0.1) is 5.92 Å². The van der Waals surface area contributed by atoms with Gasteiger partial charge in [-0.2, -0.15) is 0 Å². The molecule has 3 nitrogen and oxygen atoms in total. The molecule has 0 bridgehead atoms. The van der Waals surface area contributed by atoms with Gasteiger partial charge in [0.1, 0.15) is 0 Å². The summed E-state index contributed by atoms with van der Waals surface area (Å²) >= 11 is 0. The first-order chi connectivity index (χ1) is 10.1. The Hall–Kier alpha value is -0.900. The average molecular weight is 294 g/mol. The second-order valence-electron chi connectivity index (χ2n) is 5.61. The van der Waals surface area contributed by atoms with Crippen molar-refractivity contribution < 1.29 is 14.9 Å². The molecule has 1 rings (SSSR count). The molecule has 0 aliphatic carbocycles. The minimum Gasteiger partial charge on any atom is -0.343 e. The third-order valence-electron chi connectivity index (χ3n) is 3.86. The standard InChI is InChI=1S/C18H30O3/c1-3-5-6-7-8-12-15-17(18(19,20)21-4-2)16-13-10-9-11-14-16/h9-11,13-14,17,19-20H,3-8,12,15H2,1-2H3. The molecule has 1 atom stereocenters. The normalized spacial score (nSPS) is 13.3. The highest BCUT2D eigenvalue weighted by Gasteiger charge is 2.36. The lowest BCUT2D eigenvalue weighted by molar-refractivity contribution is -0.349. The summed E-state index contributed by atoms with van der Waals surface area (Å²) in [7, 11) is 0. The number of hydrogen-bond donors (Lipinski definition) is 2. The summed E-state index contributed by atoms with van der Waals surface area (Å²) in [4.78, 5) is 0. The monoisotopic (exact) mass is 294 g/mol. The third-order valence-corrected chi connectivity index (χ3v) is 3.86. The SMILES string of the molecule is CCCCCCCCC(c1ccccc1)C(O)(O)OCC. The van der Waals surface area contributed by atoms with Gasteiger partial charge in [0, 0.05) is 6.61 Å². The number of unbranched alkanes of at least 4 members (excludes halogenated alkanes) is 5. The van der Waals surface area contributed by atoms with Crippen LogP contribution in [0.25, 0.3) is 0 Å². The maximum absolute atomic E-state index is 10.2. The van der Waals surface area contributed by atoms with Crippen LogP contribution in [0.15, 0.2) is 30.3 Å². The fourth-order valence-electron chi connectivity index (χ4n) is 2.70. The van der Waals surface area contributed by atoms with Crippen LogP contribution in [0.1, 0.15) is 70.3 Å². The topological polar surface area (TPSA) is 49.7 Å². The summed E-state index contributed by atoms with van der Waals surface area (Å²) in [6, 6.07) is 9.64. The molecule has 1 aromatic rings. The Labute approximate surface area is 129 Å². The van der Waals surface area contributed by atoms with Crippen molar-refractivity contribution in [3.05, 3.63) is 35.9 Å². The van der Waals surface area contributed by atoms with E-state index in [9.17, 15) is 10.2 Å². The van der Waals surface area contributed by atoms with Crippen LogP contribution in [0.5, 0.6) is 0 Å². The van der Waals surface area contributed by atoms with E-state index in [1.807, 2.05) is 30.3 Å². The van der Waals surface area contributed by atoms with Crippen molar-refractivity contribution in [3.63, 3.8) is 0 Å². The maximum Gasteiger partial charge on any atom is 0.285 e. The van der Waals surface area contributed by atoms with Crippen LogP contribution < -0.4 is 0 Å². The van der Waals surface area contributed by atoms with Crippen molar-refractivity contribution in [2.45, 2.75) is 70.7 Å². The lowest BCUT2D eigenvalue weighted by Crippen LogP contribution is -2.39. The molecule has 3 heteroatoms. The number of aliphatic hydroxyl groups is 2. The molecule has 0 aliphatic heterocycles. The van der Waals surface area contributed by atoms with Gasteiger partial charge in [-0.3, -0.25) is 0 Å². The van der Waals surface area contributed by atoms with Crippen LogP contribution in [0.3, 0.4) is 0 Å². The lowest BCUT2D eigenvalue weighted by atomic mass is 9.90. The Morgan fingerprint density at radius 1 is 0.952 bits per heavy atom. The Balaban J connectivity index is 2.57. The van der Waals surface area contributed by atoms with Crippen LogP contribution in [0, 0.1) is 0 Å². The van der Waals surface area contributed by atoms with E-state index in [1.54, 1.807) is 6.92 Å². The van der Waals surface area contributed by atoms with Gasteiger partial charge in [-0.05, 0) is 18.9 Å². The Morgan fingerprint density at radius 3 is 2.19 bits per heavy atom. The summed E-state index contributed by atoms with van der Waals surface area (Å²) in [6.45, 7) is 4.26. The predicted octanol–water partition coefficient (Wildman–Crippen LogP) is 4.20. The molecule has 0 aromatic heterocycles. The average Bonchev–Trinajstić information content (AvgIpc) is 2.47. The highest BCUT2D eigenvalue weighted by molar-refractivity contribution is 5.20. The zero-order chi connectivity index (χ0) is 15.6. The molecule has 0 spiro atoms. The van der Waals surface area contributed by atoms with Crippen LogP contribution in [-0.4, -0.2) is 22.8 Å². The van der Waals surface area contributed by atoms with Crippen molar-refractivity contribution in [1.82, 2.24) is 0 Å². The van der Waals surface area contributed by atoms with Crippen LogP contribution in [-0.2, 0) is 4.74 Å². The van der Waals surface area contributed by atoms with Gasteiger partial charge in [0.15, 0.2) is 0 Å². The number of ether oxygens (including phenoxy) is 1. The van der Waals surface area contributed by atoms with Gasteiger partial charge in [-0.25, -0.2) is 0 Å². The van der Waals surface area contributed by atoms with Crippen LogP contribution in [0.4, 0.5) is 0 Å². The number of hydrogen-bond acceptors (Lipinski definition) is 3. The zero-order valence-electron chi connectivity index (χ0n) is 13.4. The van der Waals surface area contributed by atoms with Gasteiger partial charge in [-0.15, -0.1) is 0 Å². The summed E-state index contributed by atoms with van der Waals surface area (Å²) < 4.78 is 5.15. The minimum absolute atomic E-state index is 0.285. The first-order valence-corrected chi connectivity index (χ1v) is 8.25. The maximum atomic E-state index is 10.2. The molecule has 0 saturated heterocycles. The van der Waals surface area contributed by atoms with E-state index in [2.05, 4.69) is 6.92 Å². The second kappa shape index (κ2) is 9.93. The molecular weight excluding hydrogens is 264 g/mol. The van der Waals surface area contributed by atoms with E-state index in [0.29, 0.717) is 0 Å². The fraction of sp³-hybridized carbons (Fsp3) is 0.667. The van der Waals surface area contributed by atoms with Crippen molar-refractivity contribution >= 4 is 0 Å². The van der Waals surface area contributed by atoms with Crippen molar-refractivity contribution in [3.8, 4) is 0 Å². The van der Waals surface area contributed by atoms with Crippen molar-refractivity contribution in [1.29, 1.82) is 0 Å². The molecule has 120 valence electrons. The van der Waals surface area contributed by atoms with E-state index in [1.165, 1.54) is 25.7 Å². The smallest absolute Gasteiger partial charge is 0.285 e. The first-order valence-electron chi connectivity index (χ1n) is 8.25. The zero-order valence-corrected chi connectivity index (χ0v) is 13.4. The Morgan fingerprint density at radius 2 is 1.57 bits per heavy atom. The molecule has 0 radical (unpaired) electrons. The summed E-state index contributed by atoms with van der Waals surface area (Å²) in [5.41, 5.74) is 0.921. The van der Waals surface area contributed by atoms with Gasteiger partial charge in [-0.1, -0.05) is 75.8 Å². The van der Waals surface area contributed by atoms with E-state index < -0.39 is 11.9 Å². The molecule has 0 fully saturated rings. The molecule has 0 heterocycles. The molecule has 0 aliphatic rings. The summed E-state index contributed by atoms with van der Waals surface area (Å²) in [6.07, 6.45) is 7.85. The van der Waals surface area contributed by atoms with E-state index in [4.69, 9.17) is 4.74 Å². The summed E-state index contributed by atoms with van der Waals surface area (Å²) in [5.74, 6) is -2.48. The third kappa shape index (κ3) is 6.60. The van der Waals surface area contributed by atoms with Crippen LogP contribution in [0.2, 0.25) is 0 Å². The minimum atomic E-state index is -2.08. The van der Waals surface area contributed by atoms with E-state index in [-0.39, 0.29) is 6.61 Å². The molecule has 2 N–H and O–H groups in total. The summed E-state index contributed by atoms with van der Waals surface area (Å²) in [5, 5.41) is 20.4. The number of rotatable bonds is 11. The molecule has 1 unspecified atom stereocenters. The van der Waals surface area contributed by atoms with Crippen molar-refractivity contribution in [2.75, 3.05) is 6.61 Å². The van der Waals surface area contributed by atoms with E-state index >= 15 is 0 Å². The fourth-order valence-corrected chi connectivity index (χ4v) is 2.70. The number of benzene rings is 1. The van der Waals surface area contributed by atoms with Crippen molar-refractivity contribution in [2.24, 2.45) is 0 Å². The van der Waals surface area contributed by atoms with E-state index in [0.717, 1.165) is 24.8 Å². The lowest BCUT2D eigenvalue weighted by Gasteiger charge is -2.31. The predicted molar refractivity (Wildman–Crippen MR) is 86.0 cm³/mol. The van der Waals surface area contributed by atoms with Gasteiger partial charge < -0.3 is 14.9 Å². The Kier molecular flexibility index (Phi) is 8.58. The largest absolute Gasteiger partial charge is 0.343 e. The molecule has 0 saturated carbocycles. The highest BCUT2D eigenvalue weighted by atomic mass is 16.8. The molecule has 21 heavy (non-hydrogen) atoms. The molecular formula is C18H30O3. The highest BCUT2D eigenvalue weighted by Crippen LogP contribution is 2.32. The van der Waals surface area contributed by atoms with Gasteiger partial charge in [0.25, 0.3) is 5.97 Å². The second-order valence-corrected chi connectivity index (χ2v) is 5.61.